The molecule has 0 saturated heterocycles. The Hall–Kier alpha value is -1.95. The first kappa shape index (κ1) is 14.1. The fraction of sp³-hybridized carbons (Fsp3) is 0.400. The number of ether oxygens (including phenoxy) is 1. The summed E-state index contributed by atoms with van der Waals surface area (Å²) in [5, 5.41) is 9.69. The van der Waals surface area contributed by atoms with Crippen molar-refractivity contribution in [2.45, 2.75) is 33.1 Å². The number of carbonyl (C=O) groups is 1. The fourth-order valence-electron chi connectivity index (χ4n) is 1.39. The molecule has 0 spiro atoms. The molecule has 0 aliphatic rings. The fourth-order valence-corrected chi connectivity index (χ4v) is 1.39. The Balaban J connectivity index is 3.06. The number of hydrogen-bond acceptors (Lipinski definition) is 3. The number of esters is 1. The van der Waals surface area contributed by atoms with Gasteiger partial charge in [-0.2, -0.15) is 0 Å². The first-order valence-electron chi connectivity index (χ1n) is 5.87. The molecule has 0 fully saturated rings. The summed E-state index contributed by atoms with van der Waals surface area (Å²) in [4.78, 5) is 11.1. The maximum atomic E-state index is 11.1. The lowest BCUT2D eigenvalue weighted by Crippen LogP contribution is -2.11. The van der Waals surface area contributed by atoms with E-state index in [1.807, 2.05) is 6.07 Å². The van der Waals surface area contributed by atoms with Gasteiger partial charge in [-0.05, 0) is 30.0 Å². The Morgan fingerprint density at radius 2 is 2.06 bits per heavy atom. The minimum absolute atomic E-state index is 0.0337. The van der Waals surface area contributed by atoms with Crippen molar-refractivity contribution >= 4 is 5.97 Å². The first-order chi connectivity index (χ1) is 8.34. The third-order valence-electron chi connectivity index (χ3n) is 2.44. The molecule has 1 aromatic carbocycles. The van der Waals surface area contributed by atoms with Crippen LogP contribution in [0.1, 0.15) is 38.8 Å². The number of aromatic hydroxyl groups is 1. The van der Waals surface area contributed by atoms with Gasteiger partial charge in [0.25, 0.3) is 0 Å². The van der Waals surface area contributed by atoms with E-state index in [2.05, 4.69) is 32.6 Å². The van der Waals surface area contributed by atoms with Gasteiger partial charge < -0.3 is 9.84 Å². The molecule has 0 aliphatic carbocycles. The highest BCUT2D eigenvalue weighted by atomic mass is 16.5. The molecule has 1 aromatic rings. The Kier molecular flexibility index (Phi) is 4.38. The van der Waals surface area contributed by atoms with Crippen LogP contribution in [0, 0.1) is 11.8 Å². The molecule has 0 heterocycles. The molecule has 1 rings (SSSR count). The summed E-state index contributed by atoms with van der Waals surface area (Å²) >= 11 is 0. The molecule has 0 aromatic heterocycles. The van der Waals surface area contributed by atoms with E-state index < -0.39 is 5.97 Å². The van der Waals surface area contributed by atoms with Crippen LogP contribution in [0.2, 0.25) is 0 Å². The number of phenols is 1. The third-order valence-corrected chi connectivity index (χ3v) is 2.44. The molecular formula is C15H18O3. The smallest absolute Gasteiger partial charge is 0.384 e. The van der Waals surface area contributed by atoms with Crippen LogP contribution in [0.25, 0.3) is 0 Å². The van der Waals surface area contributed by atoms with Crippen molar-refractivity contribution in [3.8, 4) is 17.6 Å². The van der Waals surface area contributed by atoms with Crippen LogP contribution in [0.15, 0.2) is 18.2 Å². The number of rotatable bonds is 1. The van der Waals surface area contributed by atoms with E-state index in [1.54, 1.807) is 19.1 Å². The molecule has 96 valence electrons. The van der Waals surface area contributed by atoms with Crippen molar-refractivity contribution < 1.29 is 14.6 Å². The average molecular weight is 246 g/mol. The second-order valence-corrected chi connectivity index (χ2v) is 4.95. The van der Waals surface area contributed by atoms with Gasteiger partial charge in [0.2, 0.25) is 0 Å². The minimum Gasteiger partial charge on any atom is -0.507 e. The van der Waals surface area contributed by atoms with E-state index in [9.17, 15) is 9.90 Å². The van der Waals surface area contributed by atoms with Crippen molar-refractivity contribution in [3.63, 3.8) is 0 Å². The molecule has 3 nitrogen and oxygen atoms in total. The molecule has 1 N–H and O–H groups in total. The van der Waals surface area contributed by atoms with Crippen LogP contribution in [0.4, 0.5) is 0 Å². The van der Waals surface area contributed by atoms with Gasteiger partial charge in [0.15, 0.2) is 0 Å². The Labute approximate surface area is 108 Å². The zero-order valence-electron chi connectivity index (χ0n) is 11.2. The second kappa shape index (κ2) is 5.59. The first-order valence-corrected chi connectivity index (χ1v) is 5.87. The highest BCUT2D eigenvalue weighted by molar-refractivity contribution is 5.89. The zero-order valence-corrected chi connectivity index (χ0v) is 11.2. The van der Waals surface area contributed by atoms with E-state index in [0.717, 1.165) is 5.56 Å². The largest absolute Gasteiger partial charge is 0.507 e. The van der Waals surface area contributed by atoms with Gasteiger partial charge >= 0.3 is 5.97 Å². The van der Waals surface area contributed by atoms with E-state index in [0.29, 0.717) is 12.2 Å². The molecule has 3 heteroatoms. The zero-order chi connectivity index (χ0) is 13.8. The standard InChI is InChI=1S/C15H18O3/c1-5-18-14(17)9-6-11-10-12(15(2,3)4)7-8-13(11)16/h7-8,10,16H,5H2,1-4H3. The van der Waals surface area contributed by atoms with Gasteiger partial charge in [0, 0.05) is 5.92 Å². The molecule has 0 saturated carbocycles. The normalized spacial score (nSPS) is 10.4. The van der Waals surface area contributed by atoms with Crippen LogP contribution in [0.5, 0.6) is 5.75 Å². The van der Waals surface area contributed by atoms with Crippen LogP contribution < -0.4 is 0 Å². The summed E-state index contributed by atoms with van der Waals surface area (Å²) in [6.45, 7) is 8.23. The van der Waals surface area contributed by atoms with Crippen molar-refractivity contribution in [2.24, 2.45) is 0 Å². The SMILES string of the molecule is CCOC(=O)C#Cc1cc(C(C)(C)C)ccc1O. The number of benzene rings is 1. The molecule has 18 heavy (non-hydrogen) atoms. The summed E-state index contributed by atoms with van der Waals surface area (Å²) in [7, 11) is 0. The summed E-state index contributed by atoms with van der Waals surface area (Å²) in [6, 6.07) is 5.24. The summed E-state index contributed by atoms with van der Waals surface area (Å²) < 4.78 is 4.71. The van der Waals surface area contributed by atoms with Crippen molar-refractivity contribution in [2.75, 3.05) is 6.61 Å². The maximum Gasteiger partial charge on any atom is 0.384 e. The summed E-state index contributed by atoms with van der Waals surface area (Å²) in [6.07, 6.45) is 0. The molecule has 0 unspecified atom stereocenters. The summed E-state index contributed by atoms with van der Waals surface area (Å²) in [5.41, 5.74) is 1.46. The summed E-state index contributed by atoms with van der Waals surface area (Å²) in [5.74, 6) is 4.47. The van der Waals surface area contributed by atoms with Gasteiger partial charge in [0.05, 0.1) is 12.2 Å². The molecule has 0 bridgehead atoms. The van der Waals surface area contributed by atoms with Crippen molar-refractivity contribution in [1.29, 1.82) is 0 Å². The van der Waals surface area contributed by atoms with Gasteiger partial charge in [-0.25, -0.2) is 4.79 Å². The maximum absolute atomic E-state index is 11.1. The second-order valence-electron chi connectivity index (χ2n) is 4.95. The van der Waals surface area contributed by atoms with Gasteiger partial charge in [-0.3, -0.25) is 0 Å². The lowest BCUT2D eigenvalue weighted by molar-refractivity contribution is -0.136. The molecule has 0 atom stereocenters. The van der Waals surface area contributed by atoms with Crippen molar-refractivity contribution in [1.82, 2.24) is 0 Å². The van der Waals surface area contributed by atoms with E-state index in [1.165, 1.54) is 0 Å². The Morgan fingerprint density at radius 3 is 2.61 bits per heavy atom. The van der Waals surface area contributed by atoms with Gasteiger partial charge in [0.1, 0.15) is 5.75 Å². The van der Waals surface area contributed by atoms with E-state index in [4.69, 9.17) is 4.74 Å². The molecular weight excluding hydrogens is 228 g/mol. The Bertz CT molecular complexity index is 499. The minimum atomic E-state index is -0.585. The van der Waals surface area contributed by atoms with Crippen LogP contribution in [-0.2, 0) is 14.9 Å². The quantitative estimate of drug-likeness (QED) is 0.612. The lowest BCUT2D eigenvalue weighted by Gasteiger charge is -2.19. The highest BCUT2D eigenvalue weighted by Crippen LogP contribution is 2.26. The number of carbonyl (C=O) groups excluding carboxylic acids is 1. The van der Waals surface area contributed by atoms with Gasteiger partial charge in [-0.15, -0.1) is 0 Å². The average Bonchev–Trinajstić information content (AvgIpc) is 2.26. The molecule has 0 amide bonds. The van der Waals surface area contributed by atoms with E-state index in [-0.39, 0.29) is 11.2 Å². The van der Waals surface area contributed by atoms with E-state index >= 15 is 0 Å². The van der Waals surface area contributed by atoms with Gasteiger partial charge in [-0.1, -0.05) is 32.8 Å². The van der Waals surface area contributed by atoms with Crippen LogP contribution in [-0.4, -0.2) is 17.7 Å². The van der Waals surface area contributed by atoms with Crippen molar-refractivity contribution in [3.05, 3.63) is 29.3 Å². The third kappa shape index (κ3) is 3.81. The number of phenolic OH excluding ortho intramolecular Hbond substituents is 1. The molecule has 0 radical (unpaired) electrons. The van der Waals surface area contributed by atoms with Crippen LogP contribution >= 0.6 is 0 Å². The Morgan fingerprint density at radius 1 is 1.39 bits per heavy atom. The highest BCUT2D eigenvalue weighted by Gasteiger charge is 2.14. The topological polar surface area (TPSA) is 46.5 Å². The number of hydrogen-bond donors (Lipinski definition) is 1. The monoisotopic (exact) mass is 246 g/mol. The predicted molar refractivity (Wildman–Crippen MR) is 70.3 cm³/mol. The van der Waals surface area contributed by atoms with Crippen LogP contribution in [0.3, 0.4) is 0 Å². The molecule has 0 aliphatic heterocycles. The predicted octanol–water partition coefficient (Wildman–Crippen LogP) is 2.60. The lowest BCUT2D eigenvalue weighted by atomic mass is 9.86.